The molecule has 0 aliphatic heterocycles. The van der Waals surface area contributed by atoms with Crippen molar-refractivity contribution in [3.05, 3.63) is 50.7 Å². The molecule has 0 amide bonds. The van der Waals surface area contributed by atoms with Crippen LogP contribution in [0.5, 0.6) is 0 Å². The Morgan fingerprint density at radius 3 is 2.63 bits per heavy atom. The summed E-state index contributed by atoms with van der Waals surface area (Å²) >= 11 is 7.46. The van der Waals surface area contributed by atoms with Crippen molar-refractivity contribution in [2.45, 2.75) is 32.9 Å². The highest BCUT2D eigenvalue weighted by molar-refractivity contribution is 7.09. The van der Waals surface area contributed by atoms with E-state index in [9.17, 15) is 4.39 Å². The number of hydrogen-bond acceptors (Lipinski definition) is 3. The third-order valence-corrected chi connectivity index (χ3v) is 3.98. The summed E-state index contributed by atoms with van der Waals surface area (Å²) in [4.78, 5) is 4.51. The van der Waals surface area contributed by atoms with Gasteiger partial charge in [0, 0.05) is 17.1 Å². The van der Waals surface area contributed by atoms with Gasteiger partial charge in [0.2, 0.25) is 0 Å². The summed E-state index contributed by atoms with van der Waals surface area (Å²) < 4.78 is 13.3. The Bertz CT molecular complexity index is 568. The second-order valence-corrected chi connectivity index (χ2v) is 6.05. The maximum absolute atomic E-state index is 13.3. The average molecular weight is 299 g/mol. The number of aromatic nitrogens is 1. The third kappa shape index (κ3) is 3.53. The monoisotopic (exact) mass is 298 g/mol. The fourth-order valence-corrected chi connectivity index (χ4v) is 2.91. The minimum Gasteiger partial charge on any atom is -0.302 e. The summed E-state index contributed by atoms with van der Waals surface area (Å²) in [6, 6.07) is 5.04. The zero-order chi connectivity index (χ0) is 14.0. The lowest BCUT2D eigenvalue weighted by molar-refractivity contribution is 0.525. The van der Waals surface area contributed by atoms with Gasteiger partial charge in [-0.15, -0.1) is 11.3 Å². The van der Waals surface area contributed by atoms with Gasteiger partial charge in [-0.1, -0.05) is 17.7 Å². The Morgan fingerprint density at radius 2 is 2.11 bits per heavy atom. The summed E-state index contributed by atoms with van der Waals surface area (Å²) in [6.45, 7) is 6.10. The van der Waals surface area contributed by atoms with E-state index >= 15 is 0 Å². The van der Waals surface area contributed by atoms with E-state index in [0.29, 0.717) is 0 Å². The first-order valence-corrected chi connectivity index (χ1v) is 7.36. The minimum atomic E-state index is -0.399. The van der Waals surface area contributed by atoms with Crippen LogP contribution in [0.1, 0.15) is 36.2 Å². The molecule has 0 spiro atoms. The molecule has 102 valence electrons. The highest BCUT2D eigenvalue weighted by atomic mass is 35.5. The van der Waals surface area contributed by atoms with Crippen LogP contribution in [0.4, 0.5) is 4.39 Å². The van der Waals surface area contributed by atoms with Crippen LogP contribution in [0, 0.1) is 12.7 Å². The van der Waals surface area contributed by atoms with E-state index in [2.05, 4.69) is 24.1 Å². The second-order valence-electron chi connectivity index (χ2n) is 4.76. The predicted octanol–water partition coefficient (Wildman–Crippen LogP) is 4.33. The molecular weight excluding hydrogens is 283 g/mol. The van der Waals surface area contributed by atoms with Gasteiger partial charge in [0.15, 0.2) is 0 Å². The maximum atomic E-state index is 13.3. The summed E-state index contributed by atoms with van der Waals surface area (Å²) in [6.07, 6.45) is 0. The topological polar surface area (TPSA) is 24.9 Å². The van der Waals surface area contributed by atoms with Crippen molar-refractivity contribution in [1.82, 2.24) is 10.3 Å². The molecule has 0 aliphatic rings. The Labute approximate surface area is 121 Å². The third-order valence-electron chi connectivity index (χ3n) is 2.66. The van der Waals surface area contributed by atoms with Gasteiger partial charge in [-0.05, 0) is 38.5 Å². The molecule has 1 heterocycles. The van der Waals surface area contributed by atoms with Crippen LogP contribution in [0.15, 0.2) is 23.6 Å². The van der Waals surface area contributed by atoms with Crippen LogP contribution in [0.3, 0.4) is 0 Å². The van der Waals surface area contributed by atoms with E-state index in [1.54, 1.807) is 23.5 Å². The quantitative estimate of drug-likeness (QED) is 0.908. The Balaban J connectivity index is 2.39. The molecule has 5 heteroatoms. The molecule has 0 bridgehead atoms. The standard InChI is InChI=1S/C14H16ClFN2S/c1-8(2)17-13(14-18-9(3)7-19-14)10-4-5-12(16)11(15)6-10/h4-8,13,17H,1-3H3. The zero-order valence-corrected chi connectivity index (χ0v) is 12.6. The van der Waals surface area contributed by atoms with Crippen LogP contribution in [0.2, 0.25) is 5.02 Å². The van der Waals surface area contributed by atoms with E-state index in [1.807, 2.05) is 12.3 Å². The van der Waals surface area contributed by atoms with Gasteiger partial charge in [0.1, 0.15) is 10.8 Å². The summed E-state index contributed by atoms with van der Waals surface area (Å²) in [5.74, 6) is -0.399. The van der Waals surface area contributed by atoms with E-state index in [1.165, 1.54) is 6.07 Å². The predicted molar refractivity (Wildman–Crippen MR) is 78.4 cm³/mol. The van der Waals surface area contributed by atoms with E-state index in [4.69, 9.17) is 11.6 Å². The SMILES string of the molecule is Cc1csc(C(NC(C)C)c2ccc(F)c(Cl)c2)n1. The number of hydrogen-bond donors (Lipinski definition) is 1. The van der Waals surface area contributed by atoms with Crippen LogP contribution < -0.4 is 5.32 Å². The largest absolute Gasteiger partial charge is 0.302 e. The number of aryl methyl sites for hydroxylation is 1. The summed E-state index contributed by atoms with van der Waals surface area (Å²) in [5.41, 5.74) is 1.92. The van der Waals surface area contributed by atoms with Crippen LogP contribution in [-0.2, 0) is 0 Å². The molecule has 0 radical (unpaired) electrons. The molecule has 0 fully saturated rings. The lowest BCUT2D eigenvalue weighted by Crippen LogP contribution is -2.29. The molecule has 1 aromatic carbocycles. The Kier molecular flexibility index (Phi) is 4.55. The van der Waals surface area contributed by atoms with Gasteiger partial charge in [-0.25, -0.2) is 9.37 Å². The molecule has 2 rings (SSSR count). The molecule has 1 N–H and O–H groups in total. The van der Waals surface area contributed by atoms with Crippen LogP contribution in [-0.4, -0.2) is 11.0 Å². The Morgan fingerprint density at radius 1 is 1.37 bits per heavy atom. The molecule has 0 aliphatic carbocycles. The molecule has 19 heavy (non-hydrogen) atoms. The van der Waals surface area contributed by atoms with Crippen molar-refractivity contribution in [3.8, 4) is 0 Å². The van der Waals surface area contributed by atoms with Crippen molar-refractivity contribution >= 4 is 22.9 Å². The number of benzene rings is 1. The first-order chi connectivity index (χ1) is 8.97. The van der Waals surface area contributed by atoms with E-state index in [-0.39, 0.29) is 17.1 Å². The van der Waals surface area contributed by atoms with Gasteiger partial charge in [0.25, 0.3) is 0 Å². The van der Waals surface area contributed by atoms with Crippen molar-refractivity contribution in [3.63, 3.8) is 0 Å². The fourth-order valence-electron chi connectivity index (χ4n) is 1.84. The molecular formula is C14H16ClFN2S. The maximum Gasteiger partial charge on any atom is 0.141 e. The molecule has 1 unspecified atom stereocenters. The number of thiazole rings is 1. The van der Waals surface area contributed by atoms with Gasteiger partial charge < -0.3 is 5.32 Å². The molecule has 0 saturated carbocycles. The van der Waals surface area contributed by atoms with Crippen molar-refractivity contribution in [1.29, 1.82) is 0 Å². The van der Waals surface area contributed by atoms with Gasteiger partial charge in [-0.3, -0.25) is 0 Å². The first kappa shape index (κ1) is 14.4. The fraction of sp³-hybridized carbons (Fsp3) is 0.357. The number of nitrogens with one attached hydrogen (secondary N) is 1. The second kappa shape index (κ2) is 5.99. The van der Waals surface area contributed by atoms with Crippen LogP contribution in [0.25, 0.3) is 0 Å². The van der Waals surface area contributed by atoms with Crippen molar-refractivity contribution in [2.24, 2.45) is 0 Å². The molecule has 2 aromatic rings. The number of nitrogens with zero attached hydrogens (tertiary/aromatic N) is 1. The van der Waals surface area contributed by atoms with Crippen LogP contribution >= 0.6 is 22.9 Å². The lowest BCUT2D eigenvalue weighted by Gasteiger charge is -2.20. The molecule has 0 saturated heterocycles. The highest BCUT2D eigenvalue weighted by Crippen LogP contribution is 2.28. The minimum absolute atomic E-state index is 0.0585. The molecule has 1 aromatic heterocycles. The number of halogens is 2. The zero-order valence-electron chi connectivity index (χ0n) is 11.1. The molecule has 2 nitrogen and oxygen atoms in total. The summed E-state index contributed by atoms with van der Waals surface area (Å²) in [7, 11) is 0. The van der Waals surface area contributed by atoms with Crippen molar-refractivity contribution < 1.29 is 4.39 Å². The Hall–Kier alpha value is -0.970. The normalized spacial score (nSPS) is 12.9. The molecule has 1 atom stereocenters. The van der Waals surface area contributed by atoms with E-state index < -0.39 is 5.82 Å². The lowest BCUT2D eigenvalue weighted by atomic mass is 10.1. The smallest absolute Gasteiger partial charge is 0.141 e. The van der Waals surface area contributed by atoms with E-state index in [0.717, 1.165) is 16.3 Å². The first-order valence-electron chi connectivity index (χ1n) is 6.10. The number of rotatable bonds is 4. The average Bonchev–Trinajstić information content (AvgIpc) is 2.76. The van der Waals surface area contributed by atoms with Gasteiger partial charge >= 0.3 is 0 Å². The van der Waals surface area contributed by atoms with Crippen molar-refractivity contribution in [2.75, 3.05) is 0 Å². The van der Waals surface area contributed by atoms with Gasteiger partial charge in [-0.2, -0.15) is 0 Å². The highest BCUT2D eigenvalue weighted by Gasteiger charge is 2.19. The van der Waals surface area contributed by atoms with Gasteiger partial charge in [0.05, 0.1) is 11.1 Å². The summed E-state index contributed by atoms with van der Waals surface area (Å²) in [5, 5.41) is 6.56.